The normalized spacial score (nSPS) is 25.9. The Bertz CT molecular complexity index is 156. The summed E-state index contributed by atoms with van der Waals surface area (Å²) in [5.74, 6) is 1.69. The molecule has 84 valence electrons. The van der Waals surface area contributed by atoms with E-state index in [0.717, 1.165) is 18.4 Å². The maximum absolute atomic E-state index is 5.85. The highest BCUT2D eigenvalue weighted by Crippen LogP contribution is 2.23. The van der Waals surface area contributed by atoms with Crippen molar-refractivity contribution in [1.82, 2.24) is 4.90 Å². The third kappa shape index (κ3) is 3.25. The Morgan fingerprint density at radius 1 is 1.43 bits per heavy atom. The molecule has 2 N–H and O–H groups in total. The zero-order chi connectivity index (χ0) is 10.6. The Morgan fingerprint density at radius 2 is 2.14 bits per heavy atom. The lowest BCUT2D eigenvalue weighted by Gasteiger charge is -2.28. The first-order chi connectivity index (χ1) is 6.67. The minimum absolute atomic E-state index is 0.631. The van der Waals surface area contributed by atoms with Crippen LogP contribution in [0.1, 0.15) is 40.0 Å². The van der Waals surface area contributed by atoms with Crippen LogP contribution in [-0.4, -0.2) is 30.6 Å². The first-order valence-electron chi connectivity index (χ1n) is 6.11. The molecule has 0 spiro atoms. The zero-order valence-corrected chi connectivity index (χ0v) is 10.00. The molecule has 1 saturated heterocycles. The Morgan fingerprint density at radius 3 is 2.57 bits per heavy atom. The van der Waals surface area contributed by atoms with E-state index in [-0.39, 0.29) is 0 Å². The molecule has 0 aromatic heterocycles. The predicted octanol–water partition coefficient (Wildman–Crippen LogP) is 2.09. The smallest absolute Gasteiger partial charge is 0.0220 e. The molecule has 1 aliphatic heterocycles. The third-order valence-corrected chi connectivity index (χ3v) is 3.43. The van der Waals surface area contributed by atoms with Crippen LogP contribution < -0.4 is 5.73 Å². The topological polar surface area (TPSA) is 29.3 Å². The summed E-state index contributed by atoms with van der Waals surface area (Å²) >= 11 is 0. The molecule has 0 aromatic carbocycles. The van der Waals surface area contributed by atoms with Gasteiger partial charge in [0, 0.05) is 19.1 Å². The van der Waals surface area contributed by atoms with Gasteiger partial charge in [0.1, 0.15) is 0 Å². The summed E-state index contributed by atoms with van der Waals surface area (Å²) < 4.78 is 0. The number of hydrogen-bond donors (Lipinski definition) is 1. The molecule has 14 heavy (non-hydrogen) atoms. The van der Waals surface area contributed by atoms with Crippen LogP contribution in [0.4, 0.5) is 0 Å². The molecular formula is C12H26N2. The lowest BCUT2D eigenvalue weighted by molar-refractivity contribution is 0.210. The van der Waals surface area contributed by atoms with Crippen LogP contribution in [0, 0.1) is 11.8 Å². The van der Waals surface area contributed by atoms with Crippen LogP contribution in [0.3, 0.4) is 0 Å². The fourth-order valence-electron chi connectivity index (χ4n) is 2.47. The lowest BCUT2D eigenvalue weighted by atomic mass is 10.0. The monoisotopic (exact) mass is 198 g/mol. The predicted molar refractivity (Wildman–Crippen MR) is 62.3 cm³/mol. The van der Waals surface area contributed by atoms with Gasteiger partial charge in [-0.1, -0.05) is 27.2 Å². The van der Waals surface area contributed by atoms with Crippen LogP contribution in [0.25, 0.3) is 0 Å². The van der Waals surface area contributed by atoms with E-state index >= 15 is 0 Å². The minimum atomic E-state index is 0.631. The highest BCUT2D eigenvalue weighted by molar-refractivity contribution is 4.82. The Labute approximate surface area is 88.8 Å². The molecular weight excluding hydrogens is 172 g/mol. The average molecular weight is 198 g/mol. The molecule has 1 fully saturated rings. The maximum atomic E-state index is 5.85. The number of nitrogens with two attached hydrogens (primary N) is 1. The molecule has 2 unspecified atom stereocenters. The van der Waals surface area contributed by atoms with E-state index in [1.54, 1.807) is 0 Å². The third-order valence-electron chi connectivity index (χ3n) is 3.43. The quantitative estimate of drug-likeness (QED) is 0.733. The van der Waals surface area contributed by atoms with Crippen molar-refractivity contribution in [3.63, 3.8) is 0 Å². The van der Waals surface area contributed by atoms with Crippen molar-refractivity contribution in [2.45, 2.75) is 46.1 Å². The Hall–Kier alpha value is -0.0800. The molecule has 0 amide bonds. The molecule has 2 heteroatoms. The van der Waals surface area contributed by atoms with Gasteiger partial charge in [-0.3, -0.25) is 4.90 Å². The van der Waals surface area contributed by atoms with Crippen LogP contribution in [0.5, 0.6) is 0 Å². The second-order valence-corrected chi connectivity index (χ2v) is 5.08. The number of rotatable bonds is 5. The van der Waals surface area contributed by atoms with Gasteiger partial charge in [0.2, 0.25) is 0 Å². The van der Waals surface area contributed by atoms with Gasteiger partial charge in [0.25, 0.3) is 0 Å². The van der Waals surface area contributed by atoms with Gasteiger partial charge in [0.05, 0.1) is 0 Å². The van der Waals surface area contributed by atoms with Crippen molar-refractivity contribution in [2.24, 2.45) is 17.6 Å². The van der Waals surface area contributed by atoms with E-state index < -0.39 is 0 Å². The molecule has 1 heterocycles. The average Bonchev–Trinajstić information content (AvgIpc) is 2.62. The molecule has 0 radical (unpaired) electrons. The Balaban J connectivity index is 2.38. The fourth-order valence-corrected chi connectivity index (χ4v) is 2.47. The fraction of sp³-hybridized carbons (Fsp3) is 1.00. The second-order valence-electron chi connectivity index (χ2n) is 5.08. The molecule has 2 nitrogen and oxygen atoms in total. The summed E-state index contributed by atoms with van der Waals surface area (Å²) in [6.07, 6.45) is 3.97. The van der Waals surface area contributed by atoms with E-state index in [4.69, 9.17) is 5.73 Å². The molecule has 2 atom stereocenters. The first-order valence-corrected chi connectivity index (χ1v) is 6.11. The van der Waals surface area contributed by atoms with Crippen molar-refractivity contribution in [3.8, 4) is 0 Å². The lowest BCUT2D eigenvalue weighted by Crippen LogP contribution is -2.40. The Kier molecular flexibility index (Phi) is 4.90. The minimum Gasteiger partial charge on any atom is -0.329 e. The van der Waals surface area contributed by atoms with E-state index in [1.165, 1.54) is 32.4 Å². The van der Waals surface area contributed by atoms with Gasteiger partial charge in [-0.15, -0.1) is 0 Å². The van der Waals surface area contributed by atoms with Gasteiger partial charge in [0.15, 0.2) is 0 Å². The van der Waals surface area contributed by atoms with Crippen LogP contribution in [0.2, 0.25) is 0 Å². The molecule has 0 aliphatic carbocycles. The van der Waals surface area contributed by atoms with Crippen molar-refractivity contribution in [1.29, 1.82) is 0 Å². The summed E-state index contributed by atoms with van der Waals surface area (Å²) in [7, 11) is 0. The largest absolute Gasteiger partial charge is 0.329 e. The SMILES string of the molecule is CCC1CCN(C(CN)CC(C)C)C1. The molecule has 0 bridgehead atoms. The molecule has 1 aliphatic rings. The van der Waals surface area contributed by atoms with Crippen molar-refractivity contribution < 1.29 is 0 Å². The van der Waals surface area contributed by atoms with Gasteiger partial charge >= 0.3 is 0 Å². The van der Waals surface area contributed by atoms with Gasteiger partial charge in [-0.2, -0.15) is 0 Å². The van der Waals surface area contributed by atoms with Crippen molar-refractivity contribution in [2.75, 3.05) is 19.6 Å². The standard InChI is InChI=1S/C12H26N2/c1-4-11-5-6-14(9-11)12(8-13)7-10(2)3/h10-12H,4-9,13H2,1-3H3. The second kappa shape index (κ2) is 5.72. The summed E-state index contributed by atoms with van der Waals surface area (Å²) in [5, 5.41) is 0. The van der Waals surface area contributed by atoms with Crippen LogP contribution >= 0.6 is 0 Å². The number of hydrogen-bond acceptors (Lipinski definition) is 2. The summed E-state index contributed by atoms with van der Waals surface area (Å²) in [6, 6.07) is 0.631. The molecule has 0 aromatic rings. The van der Waals surface area contributed by atoms with Crippen molar-refractivity contribution in [3.05, 3.63) is 0 Å². The van der Waals surface area contributed by atoms with Crippen LogP contribution in [-0.2, 0) is 0 Å². The van der Waals surface area contributed by atoms with Gasteiger partial charge < -0.3 is 5.73 Å². The summed E-state index contributed by atoms with van der Waals surface area (Å²) in [4.78, 5) is 2.61. The highest BCUT2D eigenvalue weighted by Gasteiger charge is 2.26. The van der Waals surface area contributed by atoms with Gasteiger partial charge in [-0.05, 0) is 31.2 Å². The summed E-state index contributed by atoms with van der Waals surface area (Å²) in [5.41, 5.74) is 5.85. The summed E-state index contributed by atoms with van der Waals surface area (Å²) in [6.45, 7) is 10.3. The maximum Gasteiger partial charge on any atom is 0.0220 e. The molecule has 0 saturated carbocycles. The number of nitrogens with zero attached hydrogens (tertiary/aromatic N) is 1. The first kappa shape index (κ1) is 12.0. The highest BCUT2D eigenvalue weighted by atomic mass is 15.2. The van der Waals surface area contributed by atoms with E-state index in [1.807, 2.05) is 0 Å². The van der Waals surface area contributed by atoms with Crippen molar-refractivity contribution >= 4 is 0 Å². The zero-order valence-electron chi connectivity index (χ0n) is 10.00. The van der Waals surface area contributed by atoms with E-state index in [2.05, 4.69) is 25.7 Å². The number of likely N-dealkylation sites (tertiary alicyclic amines) is 1. The van der Waals surface area contributed by atoms with E-state index in [9.17, 15) is 0 Å². The van der Waals surface area contributed by atoms with Crippen LogP contribution in [0.15, 0.2) is 0 Å². The van der Waals surface area contributed by atoms with E-state index in [0.29, 0.717) is 6.04 Å². The van der Waals surface area contributed by atoms with Gasteiger partial charge in [-0.25, -0.2) is 0 Å². The molecule has 1 rings (SSSR count).